The molecule has 4 N–H and O–H groups in total. The Labute approximate surface area is 70.5 Å². The number of hydrogen-bond donors (Lipinski definition) is 3. The molecule has 0 unspecified atom stereocenters. The van der Waals surface area contributed by atoms with E-state index in [1.807, 2.05) is 0 Å². The summed E-state index contributed by atoms with van der Waals surface area (Å²) in [5, 5.41) is 17.5. The Balaban J connectivity index is 2.97. The molecule has 0 radical (unpaired) electrons. The van der Waals surface area contributed by atoms with Gasteiger partial charge in [-0.3, -0.25) is 0 Å². The lowest BCUT2D eigenvalue weighted by Crippen LogP contribution is -1.85. The van der Waals surface area contributed by atoms with Gasteiger partial charge >= 0.3 is 0 Å². The summed E-state index contributed by atoms with van der Waals surface area (Å²) in [5.41, 5.74) is 6.33. The highest BCUT2D eigenvalue weighted by Crippen LogP contribution is 2.19. The first kappa shape index (κ1) is 8.44. The summed E-state index contributed by atoms with van der Waals surface area (Å²) >= 11 is 0. The zero-order valence-corrected chi connectivity index (χ0v) is 6.41. The molecule has 0 atom stereocenters. The van der Waals surface area contributed by atoms with Gasteiger partial charge in [0, 0.05) is 5.56 Å². The quantitative estimate of drug-likeness (QED) is 0.293. The lowest BCUT2D eigenvalue weighted by atomic mass is 10.2. The number of aromatic hydroxyl groups is 1. The molecular weight excluding hydrogens is 154 g/mol. The van der Waals surface area contributed by atoms with E-state index in [0.717, 1.165) is 0 Å². The fourth-order valence-corrected chi connectivity index (χ4v) is 0.763. The number of benzene rings is 1. The van der Waals surface area contributed by atoms with Gasteiger partial charge < -0.3 is 15.9 Å². The van der Waals surface area contributed by atoms with E-state index < -0.39 is 0 Å². The Morgan fingerprint density at radius 3 is 2.75 bits per heavy atom. The molecule has 0 saturated heterocycles. The largest absolute Gasteiger partial charge is 0.506 e. The third-order valence-electron chi connectivity index (χ3n) is 1.34. The van der Waals surface area contributed by atoms with Crippen molar-refractivity contribution in [2.75, 3.05) is 12.3 Å². The van der Waals surface area contributed by atoms with E-state index in [-0.39, 0.29) is 12.4 Å². The van der Waals surface area contributed by atoms with Crippen molar-refractivity contribution in [1.29, 1.82) is 0 Å². The molecule has 0 fully saturated rings. The number of anilines is 1. The van der Waals surface area contributed by atoms with Gasteiger partial charge in [-0.1, -0.05) is 11.8 Å². The predicted octanol–water partition coefficient (Wildman–Crippen LogP) is 0.318. The summed E-state index contributed by atoms with van der Waals surface area (Å²) in [4.78, 5) is 0. The molecule has 62 valence electrons. The second-order valence-corrected chi connectivity index (χ2v) is 2.23. The minimum Gasteiger partial charge on any atom is -0.506 e. The summed E-state index contributed by atoms with van der Waals surface area (Å²) in [6.45, 7) is -0.189. The number of aliphatic hydroxyl groups is 1. The zero-order chi connectivity index (χ0) is 8.97. The molecule has 0 heterocycles. The molecule has 3 nitrogen and oxygen atoms in total. The maximum atomic E-state index is 9.14. The average molecular weight is 163 g/mol. The second-order valence-electron chi connectivity index (χ2n) is 2.23. The Kier molecular flexibility index (Phi) is 2.57. The van der Waals surface area contributed by atoms with Gasteiger partial charge in [-0.15, -0.1) is 0 Å². The second kappa shape index (κ2) is 3.65. The van der Waals surface area contributed by atoms with Gasteiger partial charge in [0.15, 0.2) is 0 Å². The third kappa shape index (κ3) is 1.91. The lowest BCUT2D eigenvalue weighted by Gasteiger charge is -1.97. The van der Waals surface area contributed by atoms with Crippen molar-refractivity contribution in [3.05, 3.63) is 23.8 Å². The molecule has 3 heteroatoms. The van der Waals surface area contributed by atoms with Gasteiger partial charge in [0.05, 0.1) is 5.69 Å². The molecule has 0 aliphatic carbocycles. The molecule has 1 aromatic carbocycles. The zero-order valence-electron chi connectivity index (χ0n) is 6.41. The van der Waals surface area contributed by atoms with Gasteiger partial charge in [0.2, 0.25) is 0 Å². The van der Waals surface area contributed by atoms with Crippen molar-refractivity contribution in [1.82, 2.24) is 0 Å². The van der Waals surface area contributed by atoms with Crippen LogP contribution in [0.2, 0.25) is 0 Å². The van der Waals surface area contributed by atoms with Crippen molar-refractivity contribution in [2.45, 2.75) is 0 Å². The van der Waals surface area contributed by atoms with Crippen molar-refractivity contribution >= 4 is 5.69 Å². The first-order chi connectivity index (χ1) is 5.74. The van der Waals surface area contributed by atoms with Crippen LogP contribution in [0.5, 0.6) is 5.75 Å². The summed E-state index contributed by atoms with van der Waals surface area (Å²) in [6, 6.07) is 4.70. The van der Waals surface area contributed by atoms with Gasteiger partial charge in [-0.05, 0) is 18.2 Å². The fraction of sp³-hybridized carbons (Fsp3) is 0.111. The van der Waals surface area contributed by atoms with E-state index in [1.54, 1.807) is 12.1 Å². The van der Waals surface area contributed by atoms with Crippen molar-refractivity contribution < 1.29 is 10.2 Å². The topological polar surface area (TPSA) is 66.5 Å². The van der Waals surface area contributed by atoms with Crippen LogP contribution in [0.4, 0.5) is 5.69 Å². The monoisotopic (exact) mass is 163 g/mol. The number of phenolic OH excluding ortho intramolecular Hbond substituents is 1. The highest BCUT2D eigenvalue weighted by molar-refractivity contribution is 5.55. The first-order valence-corrected chi connectivity index (χ1v) is 3.42. The predicted molar refractivity (Wildman–Crippen MR) is 46.5 cm³/mol. The molecule has 0 saturated carbocycles. The van der Waals surface area contributed by atoms with Crippen LogP contribution in [0.15, 0.2) is 18.2 Å². The fourth-order valence-electron chi connectivity index (χ4n) is 0.763. The van der Waals surface area contributed by atoms with Crippen molar-refractivity contribution in [2.24, 2.45) is 0 Å². The van der Waals surface area contributed by atoms with Crippen LogP contribution in [0.1, 0.15) is 5.56 Å². The molecule has 1 aromatic rings. The van der Waals surface area contributed by atoms with Crippen molar-refractivity contribution in [3.8, 4) is 17.6 Å². The molecule has 0 aromatic heterocycles. The van der Waals surface area contributed by atoms with Gasteiger partial charge in [0.25, 0.3) is 0 Å². The van der Waals surface area contributed by atoms with Crippen LogP contribution in [-0.4, -0.2) is 16.8 Å². The number of aliphatic hydroxyl groups excluding tert-OH is 1. The van der Waals surface area contributed by atoms with E-state index in [0.29, 0.717) is 11.3 Å². The molecule has 1 rings (SSSR count). The number of hydrogen-bond acceptors (Lipinski definition) is 3. The van der Waals surface area contributed by atoms with Crippen LogP contribution >= 0.6 is 0 Å². The molecule has 0 aliphatic rings. The molecular formula is C9H9NO2. The summed E-state index contributed by atoms with van der Waals surface area (Å²) in [6.07, 6.45) is 0. The van der Waals surface area contributed by atoms with Crippen LogP contribution in [-0.2, 0) is 0 Å². The van der Waals surface area contributed by atoms with E-state index in [1.165, 1.54) is 6.07 Å². The first-order valence-electron chi connectivity index (χ1n) is 3.42. The number of nitrogen functional groups attached to an aromatic ring is 1. The number of phenols is 1. The van der Waals surface area contributed by atoms with E-state index >= 15 is 0 Å². The highest BCUT2D eigenvalue weighted by Gasteiger charge is 1.95. The molecule has 0 aliphatic heterocycles. The van der Waals surface area contributed by atoms with Crippen LogP contribution in [0, 0.1) is 11.8 Å². The smallest absolute Gasteiger partial charge is 0.139 e. The molecule has 0 bridgehead atoms. The summed E-state index contributed by atoms with van der Waals surface area (Å²) in [7, 11) is 0. The average Bonchev–Trinajstić information content (AvgIpc) is 2.07. The van der Waals surface area contributed by atoms with Gasteiger partial charge in [0.1, 0.15) is 12.4 Å². The Bertz CT molecular complexity index is 336. The molecule has 0 amide bonds. The SMILES string of the molecule is Nc1ccc(C#CCO)cc1O. The van der Waals surface area contributed by atoms with Gasteiger partial charge in [-0.2, -0.15) is 0 Å². The Hall–Kier alpha value is -1.66. The van der Waals surface area contributed by atoms with Crippen LogP contribution < -0.4 is 5.73 Å². The number of rotatable bonds is 0. The third-order valence-corrected chi connectivity index (χ3v) is 1.34. The lowest BCUT2D eigenvalue weighted by molar-refractivity contribution is 0.350. The highest BCUT2D eigenvalue weighted by atomic mass is 16.3. The summed E-state index contributed by atoms with van der Waals surface area (Å²) in [5.74, 6) is 5.13. The minimum atomic E-state index is -0.189. The maximum Gasteiger partial charge on any atom is 0.139 e. The molecule has 12 heavy (non-hydrogen) atoms. The van der Waals surface area contributed by atoms with Crippen molar-refractivity contribution in [3.63, 3.8) is 0 Å². The normalized spacial score (nSPS) is 8.75. The van der Waals surface area contributed by atoms with E-state index in [9.17, 15) is 0 Å². The van der Waals surface area contributed by atoms with Crippen LogP contribution in [0.25, 0.3) is 0 Å². The van der Waals surface area contributed by atoms with E-state index in [4.69, 9.17) is 15.9 Å². The summed E-state index contributed by atoms with van der Waals surface area (Å²) < 4.78 is 0. The standard InChI is InChI=1S/C9H9NO2/c10-8-4-3-7(2-1-5-11)6-9(8)12/h3-4,6,11-12H,5,10H2. The van der Waals surface area contributed by atoms with Gasteiger partial charge in [-0.25, -0.2) is 0 Å². The van der Waals surface area contributed by atoms with Crippen LogP contribution in [0.3, 0.4) is 0 Å². The maximum absolute atomic E-state index is 9.14. The number of nitrogens with two attached hydrogens (primary N) is 1. The molecule has 0 spiro atoms. The minimum absolute atomic E-state index is 0.0136. The Morgan fingerprint density at radius 2 is 2.17 bits per heavy atom. The van der Waals surface area contributed by atoms with E-state index in [2.05, 4.69) is 11.8 Å². The Morgan fingerprint density at radius 1 is 1.42 bits per heavy atom.